The monoisotopic (exact) mass is 446 g/mol. The van der Waals surface area contributed by atoms with Gasteiger partial charge in [-0.25, -0.2) is 0 Å². The van der Waals surface area contributed by atoms with E-state index in [1.807, 2.05) is 0 Å². The summed E-state index contributed by atoms with van der Waals surface area (Å²) in [6.45, 7) is 0. The fourth-order valence-electron chi connectivity index (χ4n) is 2.54. The summed E-state index contributed by atoms with van der Waals surface area (Å²) in [7, 11) is -10.9. The number of hydrogen-bond acceptors (Lipinski definition) is 5. The minimum atomic E-state index is -5.62. The summed E-state index contributed by atoms with van der Waals surface area (Å²) in [5.41, 5.74) is 0.635. The minimum absolute atomic E-state index is 0. The third-order valence-corrected chi connectivity index (χ3v) is 7.46. The fraction of sp³-hybridized carbons (Fsp3) is 0.188. The molecule has 0 aliphatic heterocycles. The predicted molar refractivity (Wildman–Crippen MR) is 91.6 cm³/mol. The zero-order valence-corrected chi connectivity index (χ0v) is 21.3. The number of Topliss-reactive ketones (excluding diaryl/α,β-unsaturated/α-hetero) is 1. The Labute approximate surface area is 207 Å². The first kappa shape index (κ1) is 30.6. The van der Waals surface area contributed by atoms with Crippen LogP contribution >= 0.6 is 15.2 Å². The van der Waals surface area contributed by atoms with Crippen LogP contribution in [0.3, 0.4) is 0 Å². The fourth-order valence-corrected chi connectivity index (χ4v) is 4.97. The molecule has 0 aromatic heterocycles. The second kappa shape index (κ2) is 12.9. The number of carbonyl (C=O) groups excluding carboxylic acids is 1. The Bertz CT molecular complexity index is 801. The molecule has 0 spiro atoms. The second-order valence-corrected chi connectivity index (χ2v) is 9.45. The van der Waals surface area contributed by atoms with Gasteiger partial charge in [0.05, 0.1) is 5.40 Å². The van der Waals surface area contributed by atoms with Crippen LogP contribution in [0.4, 0.5) is 0 Å². The first-order chi connectivity index (χ1) is 11.6. The second-order valence-electron chi connectivity index (χ2n) is 5.54. The van der Waals surface area contributed by atoms with E-state index in [4.69, 9.17) is 0 Å². The van der Waals surface area contributed by atoms with E-state index in [2.05, 4.69) is 0 Å². The number of carbonyl (C=O) groups is 1. The summed E-state index contributed by atoms with van der Waals surface area (Å²) in [4.78, 5) is 54.1. The maximum absolute atomic E-state index is 12.8. The Balaban J connectivity index is 0. The van der Waals surface area contributed by atoms with Crippen LogP contribution in [0.25, 0.3) is 0 Å². The van der Waals surface area contributed by atoms with Crippen LogP contribution < -0.4 is 68.9 Å². The summed E-state index contributed by atoms with van der Waals surface area (Å²) in [5.74, 6) is -1.68. The van der Waals surface area contributed by atoms with Crippen molar-refractivity contribution in [3.63, 3.8) is 0 Å². The quantitative estimate of drug-likeness (QED) is 0.243. The zero-order chi connectivity index (χ0) is 18.7. The molecule has 2 atom stereocenters. The molecule has 0 heterocycles. The molecule has 0 bridgehead atoms. The summed E-state index contributed by atoms with van der Waals surface area (Å²) in [6, 6.07) is 15.9. The molecule has 0 aliphatic carbocycles. The van der Waals surface area contributed by atoms with Crippen LogP contribution in [0.2, 0.25) is 0 Å². The van der Waals surface area contributed by atoms with Gasteiger partial charge >= 0.3 is 66.7 Å². The van der Waals surface area contributed by atoms with Gasteiger partial charge in [-0.3, -0.25) is 9.36 Å². The topological polar surface area (TPSA) is 169 Å². The normalized spacial score (nSPS) is 13.1. The van der Waals surface area contributed by atoms with Gasteiger partial charge in [-0.1, -0.05) is 68.3 Å². The van der Waals surface area contributed by atoms with Crippen molar-refractivity contribution in [2.45, 2.75) is 17.7 Å². The van der Waals surface area contributed by atoms with E-state index in [-0.39, 0.29) is 70.2 Å². The molecule has 8 nitrogen and oxygen atoms in total. The van der Waals surface area contributed by atoms with Gasteiger partial charge in [-0.2, -0.15) is 0 Å². The molecule has 0 radical (unpaired) electrons. The third kappa shape index (κ3) is 8.62. The largest absolute Gasteiger partial charge is 1.00 e. The van der Waals surface area contributed by atoms with Crippen molar-refractivity contribution in [3.05, 3.63) is 71.8 Å². The smallest absolute Gasteiger partial charge is 0.810 e. The minimum Gasteiger partial charge on any atom is -0.810 e. The van der Waals surface area contributed by atoms with Gasteiger partial charge in [0.25, 0.3) is 0 Å². The number of benzene rings is 2. The maximum atomic E-state index is 12.8. The van der Waals surface area contributed by atoms with Crippen molar-refractivity contribution < 1.29 is 98.1 Å². The standard InChI is InChI=1S/C16H18O7P2.2Na.H2O/c17-16(13-9-5-2-6-10-13)14(12-7-3-1-4-8-12)11-15(24(18,19)20)25(21,22)23;;;/h1-10,14-15H,11H2,(H2,18,19,20)(H2,21,22,23);;;1H2/q;2*+1;/p-2. The van der Waals surface area contributed by atoms with E-state index in [9.17, 15) is 33.5 Å². The van der Waals surface area contributed by atoms with Gasteiger partial charge in [-0.15, -0.1) is 0 Å². The van der Waals surface area contributed by atoms with Crippen LogP contribution in [-0.4, -0.2) is 26.4 Å². The summed E-state index contributed by atoms with van der Waals surface area (Å²) < 4.78 is 22.9. The average molecular weight is 446 g/mol. The molecule has 0 aliphatic rings. The van der Waals surface area contributed by atoms with Crippen LogP contribution in [0.15, 0.2) is 60.7 Å². The third-order valence-electron chi connectivity index (χ3n) is 3.78. The molecule has 12 heteroatoms. The van der Waals surface area contributed by atoms with Crippen LogP contribution in [0.1, 0.15) is 28.3 Å². The van der Waals surface area contributed by atoms with Gasteiger partial charge in [0, 0.05) is 11.5 Å². The van der Waals surface area contributed by atoms with Gasteiger partial charge < -0.3 is 29.6 Å². The average Bonchev–Trinajstić information content (AvgIpc) is 2.54. The summed E-state index contributed by atoms with van der Waals surface area (Å²) in [5, 5.41) is -2.46. The molecule has 142 valence electrons. The molecular formula is C16H18Na2O8P2. The van der Waals surface area contributed by atoms with Crippen molar-refractivity contribution in [2.24, 2.45) is 0 Å². The Morgan fingerprint density at radius 2 is 1.32 bits per heavy atom. The van der Waals surface area contributed by atoms with Gasteiger partial charge in [0.1, 0.15) is 0 Å². The van der Waals surface area contributed by atoms with Gasteiger partial charge in [0.15, 0.2) is 5.78 Å². The molecule has 4 N–H and O–H groups in total. The first-order valence-electron chi connectivity index (χ1n) is 7.32. The Morgan fingerprint density at radius 3 is 1.71 bits per heavy atom. The Kier molecular flexibility index (Phi) is 14.1. The van der Waals surface area contributed by atoms with Crippen molar-refractivity contribution >= 4 is 21.0 Å². The molecule has 0 fully saturated rings. The molecular weight excluding hydrogens is 428 g/mol. The van der Waals surface area contributed by atoms with Crippen molar-refractivity contribution in [1.82, 2.24) is 0 Å². The van der Waals surface area contributed by atoms with Crippen LogP contribution in [0, 0.1) is 0 Å². The molecule has 2 aromatic carbocycles. The van der Waals surface area contributed by atoms with E-state index in [1.54, 1.807) is 48.5 Å². The van der Waals surface area contributed by atoms with E-state index in [1.165, 1.54) is 12.1 Å². The molecule has 2 rings (SSSR count). The Morgan fingerprint density at radius 1 is 0.893 bits per heavy atom. The number of hydrogen-bond donors (Lipinski definition) is 2. The van der Waals surface area contributed by atoms with E-state index in [0.29, 0.717) is 5.56 Å². The molecule has 0 saturated carbocycles. The predicted octanol–water partition coefficient (Wildman–Crippen LogP) is -5.36. The molecule has 2 aromatic rings. The zero-order valence-electron chi connectivity index (χ0n) is 15.5. The SMILES string of the molecule is O.O=C(c1ccccc1)C(CC(P(=O)([O-])[O-])P(=O)(O)O)c1ccccc1.[Na+].[Na+]. The molecule has 28 heavy (non-hydrogen) atoms. The first-order valence-corrected chi connectivity index (χ1v) is 10.6. The molecule has 0 amide bonds. The summed E-state index contributed by atoms with van der Waals surface area (Å²) >= 11 is 0. The Hall–Kier alpha value is 0.370. The van der Waals surface area contributed by atoms with Gasteiger partial charge in [-0.05, 0) is 12.0 Å². The van der Waals surface area contributed by atoms with Crippen LogP contribution in [-0.2, 0) is 9.13 Å². The maximum Gasteiger partial charge on any atom is 1.00 e. The summed E-state index contributed by atoms with van der Waals surface area (Å²) in [6.07, 6.45) is -0.785. The van der Waals surface area contributed by atoms with Crippen LogP contribution in [0.5, 0.6) is 0 Å². The number of ketones is 1. The molecule has 2 unspecified atom stereocenters. The van der Waals surface area contributed by atoms with E-state index >= 15 is 0 Å². The van der Waals surface area contributed by atoms with Crippen molar-refractivity contribution in [2.75, 3.05) is 0 Å². The van der Waals surface area contributed by atoms with Crippen molar-refractivity contribution in [1.29, 1.82) is 0 Å². The van der Waals surface area contributed by atoms with E-state index < -0.39 is 38.7 Å². The van der Waals surface area contributed by atoms with E-state index in [0.717, 1.165) is 0 Å². The van der Waals surface area contributed by atoms with Gasteiger partial charge in [0.2, 0.25) is 0 Å². The molecule has 0 saturated heterocycles. The van der Waals surface area contributed by atoms with Crippen molar-refractivity contribution in [3.8, 4) is 0 Å². The number of rotatable bonds is 7.